The zero-order chi connectivity index (χ0) is 34.2. The lowest BCUT2D eigenvalue weighted by molar-refractivity contribution is 0.107. The number of aromatic nitrogens is 4. The van der Waals surface area contributed by atoms with Gasteiger partial charge in [-0.15, -0.1) is 11.3 Å². The molecule has 16 heteroatoms. The monoisotopic (exact) mass is 707 g/mol. The summed E-state index contributed by atoms with van der Waals surface area (Å²) in [7, 11) is 0. The molecule has 0 radical (unpaired) electrons. The maximum atomic E-state index is 17.2. The van der Waals surface area contributed by atoms with Crippen LogP contribution in [0.3, 0.4) is 0 Å². The highest BCUT2D eigenvalue weighted by molar-refractivity contribution is 7.23. The summed E-state index contributed by atoms with van der Waals surface area (Å²) in [6.45, 7) is 3.46. The molecule has 49 heavy (non-hydrogen) atoms. The van der Waals surface area contributed by atoms with Crippen molar-refractivity contribution in [3.63, 3.8) is 0 Å². The number of ether oxygens (including phenoxy) is 2. The van der Waals surface area contributed by atoms with Crippen molar-refractivity contribution in [3.05, 3.63) is 52.4 Å². The van der Waals surface area contributed by atoms with Gasteiger partial charge in [-0.2, -0.15) is 15.2 Å². The van der Waals surface area contributed by atoms with Crippen molar-refractivity contribution in [1.82, 2.24) is 24.8 Å². The van der Waals surface area contributed by atoms with Crippen LogP contribution < -0.4 is 25.8 Å². The Morgan fingerprint density at radius 3 is 2.88 bits per heavy atom. The Bertz CT molecular complexity index is 2210. The number of anilines is 3. The molecule has 0 amide bonds. The second kappa shape index (κ2) is 11.7. The van der Waals surface area contributed by atoms with E-state index in [4.69, 9.17) is 37.5 Å². The molecule has 5 aromatic rings. The van der Waals surface area contributed by atoms with Gasteiger partial charge < -0.3 is 25.8 Å². The van der Waals surface area contributed by atoms with Gasteiger partial charge in [-0.3, -0.25) is 4.90 Å². The minimum atomic E-state index is -0.972. The number of benzene rings is 2. The molecule has 0 saturated carbocycles. The Labute approximate surface area is 287 Å². The van der Waals surface area contributed by atoms with Crippen LogP contribution in [-0.4, -0.2) is 69.4 Å². The smallest absolute Gasteiger partial charge is 0.319 e. The number of fused-ring (bicyclic) bond motifs is 2. The van der Waals surface area contributed by atoms with Crippen LogP contribution in [0.4, 0.5) is 29.8 Å². The number of rotatable bonds is 6. The summed E-state index contributed by atoms with van der Waals surface area (Å²) >= 11 is 7.91. The van der Waals surface area contributed by atoms with Gasteiger partial charge >= 0.3 is 6.01 Å². The van der Waals surface area contributed by atoms with Crippen molar-refractivity contribution in [3.8, 4) is 29.0 Å². The fraction of sp³-hybridized carbons (Fsp3) is 0.364. The highest BCUT2D eigenvalue weighted by Gasteiger charge is 2.49. The van der Waals surface area contributed by atoms with Gasteiger partial charge in [-0.05, 0) is 37.9 Å². The van der Waals surface area contributed by atoms with Gasteiger partial charge in [-0.25, -0.2) is 23.1 Å². The normalized spacial score (nSPS) is 21.1. The molecule has 6 heterocycles. The highest BCUT2D eigenvalue weighted by Crippen LogP contribution is 2.51. The third-order valence-corrected chi connectivity index (χ3v) is 11.3. The molecule has 2 aromatic carbocycles. The van der Waals surface area contributed by atoms with E-state index in [0.29, 0.717) is 18.5 Å². The van der Waals surface area contributed by atoms with Crippen LogP contribution in [0.1, 0.15) is 43.4 Å². The summed E-state index contributed by atoms with van der Waals surface area (Å²) in [6.07, 6.45) is 3.96. The van der Waals surface area contributed by atoms with Gasteiger partial charge in [0.2, 0.25) is 0 Å². The van der Waals surface area contributed by atoms with Crippen LogP contribution in [-0.2, 0) is 0 Å². The third-order valence-electron chi connectivity index (χ3n) is 9.91. The van der Waals surface area contributed by atoms with Crippen LogP contribution in [0.5, 0.6) is 11.8 Å². The predicted molar refractivity (Wildman–Crippen MR) is 181 cm³/mol. The summed E-state index contributed by atoms with van der Waals surface area (Å²) in [6, 6.07) is 3.97. The molecule has 3 aliphatic rings. The lowest BCUT2D eigenvalue weighted by atomic mass is 9.95. The van der Waals surface area contributed by atoms with Gasteiger partial charge in [0.1, 0.15) is 59.8 Å². The molecule has 2 saturated heterocycles. The van der Waals surface area contributed by atoms with E-state index in [1.165, 1.54) is 18.5 Å². The average molecular weight is 708 g/mol. The average Bonchev–Trinajstić information content (AvgIpc) is 3.68. The van der Waals surface area contributed by atoms with E-state index >= 15 is 8.78 Å². The molecule has 3 aliphatic heterocycles. The molecule has 0 aliphatic carbocycles. The van der Waals surface area contributed by atoms with E-state index in [-0.39, 0.29) is 90.9 Å². The van der Waals surface area contributed by atoms with Gasteiger partial charge in [0.25, 0.3) is 0 Å². The van der Waals surface area contributed by atoms with Crippen LogP contribution >= 0.6 is 22.9 Å². The van der Waals surface area contributed by atoms with Gasteiger partial charge in [0.05, 0.1) is 38.8 Å². The topological polar surface area (TPSA) is 152 Å². The fourth-order valence-electron chi connectivity index (χ4n) is 7.60. The second-order valence-electron chi connectivity index (χ2n) is 12.6. The van der Waals surface area contributed by atoms with E-state index in [9.17, 15) is 9.65 Å². The van der Waals surface area contributed by atoms with Crippen molar-refractivity contribution in [2.45, 2.75) is 43.9 Å². The molecule has 252 valence electrons. The third kappa shape index (κ3) is 4.87. The number of nitrogen functional groups attached to an aromatic ring is 2. The molecule has 4 N–H and O–H groups in total. The zero-order valence-electron chi connectivity index (χ0n) is 26.1. The van der Waals surface area contributed by atoms with Crippen molar-refractivity contribution >= 4 is 60.6 Å². The maximum Gasteiger partial charge on any atom is 0.319 e. The lowest BCUT2D eigenvalue weighted by Gasteiger charge is -2.32. The second-order valence-corrected chi connectivity index (χ2v) is 14.0. The standard InChI is InChI=1S/C33H29ClF3N9O2S/c1-15(19-11-41-14-42-29(19)39)46-7-8-47-27-23-26(43-32(44-31(23)46)48-13-33-5-2-6-45(33)12-16(35)9-33)25(37)22(24(27)34)17-3-4-20(36)28-21(17)18(10-38)30(40)49-28/h3-4,11,14-16H,2,5-9,12-13,40H2,1H3,(H2,39,41,42)/t15?,16-,33+/m1/s1. The van der Waals surface area contributed by atoms with Gasteiger partial charge in [0, 0.05) is 35.7 Å². The molecule has 11 nitrogen and oxygen atoms in total. The Balaban J connectivity index is 1.36. The quantitative estimate of drug-likeness (QED) is 0.208. The summed E-state index contributed by atoms with van der Waals surface area (Å²) in [5.74, 6) is -0.823. The number of nitriles is 1. The van der Waals surface area contributed by atoms with E-state index < -0.39 is 29.4 Å². The van der Waals surface area contributed by atoms with E-state index in [1.807, 2.05) is 17.9 Å². The molecule has 3 atom stereocenters. The minimum absolute atomic E-state index is 0.00928. The van der Waals surface area contributed by atoms with Crippen molar-refractivity contribution in [2.24, 2.45) is 0 Å². The first-order chi connectivity index (χ1) is 23.6. The molecule has 0 spiro atoms. The number of nitrogens with zero attached hydrogens (tertiary/aromatic N) is 7. The summed E-state index contributed by atoms with van der Waals surface area (Å²) in [4.78, 5) is 21.6. The Morgan fingerprint density at radius 1 is 1.24 bits per heavy atom. The van der Waals surface area contributed by atoms with Crippen LogP contribution in [0.25, 0.3) is 32.1 Å². The number of alkyl halides is 1. The lowest BCUT2D eigenvalue weighted by Crippen LogP contribution is -2.43. The zero-order valence-corrected chi connectivity index (χ0v) is 27.7. The van der Waals surface area contributed by atoms with E-state index in [1.54, 1.807) is 6.20 Å². The van der Waals surface area contributed by atoms with Crippen molar-refractivity contribution in [2.75, 3.05) is 49.2 Å². The molecule has 3 aromatic heterocycles. The van der Waals surface area contributed by atoms with E-state index in [2.05, 4.69) is 19.9 Å². The number of halogens is 4. The maximum absolute atomic E-state index is 17.2. The van der Waals surface area contributed by atoms with Gasteiger partial charge in [-0.1, -0.05) is 17.7 Å². The SMILES string of the molecule is CC(c1cncnc1N)N1CCOc2c(Cl)c(-c3ccc(F)c4sc(N)c(C#N)c34)c(F)c3nc(OC[C@@]45CCCN4C[C@H](F)C5)nc1c23. The number of hydrogen-bond acceptors (Lipinski definition) is 12. The van der Waals surface area contributed by atoms with Crippen LogP contribution in [0, 0.1) is 23.0 Å². The molecule has 2 fully saturated rings. The van der Waals surface area contributed by atoms with Crippen molar-refractivity contribution < 1.29 is 22.6 Å². The first-order valence-electron chi connectivity index (χ1n) is 15.7. The molecule has 8 rings (SSSR count). The fourth-order valence-corrected chi connectivity index (χ4v) is 8.89. The van der Waals surface area contributed by atoms with Crippen molar-refractivity contribution in [1.29, 1.82) is 5.26 Å². The summed E-state index contributed by atoms with van der Waals surface area (Å²) in [5.41, 5.74) is 12.3. The molecule has 0 bridgehead atoms. The molecular formula is C33H29ClF3N9O2S. The van der Waals surface area contributed by atoms with E-state index in [0.717, 1.165) is 30.7 Å². The Hall–Kier alpha value is -4.65. The van der Waals surface area contributed by atoms with Crippen LogP contribution in [0.2, 0.25) is 5.02 Å². The van der Waals surface area contributed by atoms with Crippen LogP contribution in [0.15, 0.2) is 24.7 Å². The largest absolute Gasteiger partial charge is 0.489 e. The molecular weight excluding hydrogens is 679 g/mol. The predicted octanol–water partition coefficient (Wildman–Crippen LogP) is 6.18. The molecule has 1 unspecified atom stereocenters. The first-order valence-corrected chi connectivity index (χ1v) is 16.9. The first kappa shape index (κ1) is 31.6. The Kier molecular flexibility index (Phi) is 7.58. The Morgan fingerprint density at radius 2 is 2.08 bits per heavy atom. The number of hydrogen-bond donors (Lipinski definition) is 2. The summed E-state index contributed by atoms with van der Waals surface area (Å²) in [5, 5.41) is 10.2. The summed E-state index contributed by atoms with van der Waals surface area (Å²) < 4.78 is 59.4. The number of thiophene rings is 1. The number of nitrogens with two attached hydrogens (primary N) is 2. The van der Waals surface area contributed by atoms with Gasteiger partial charge in [0.15, 0.2) is 11.6 Å². The highest BCUT2D eigenvalue weighted by atomic mass is 35.5. The minimum Gasteiger partial charge on any atom is -0.489 e.